The van der Waals surface area contributed by atoms with Crippen LogP contribution in [0.3, 0.4) is 0 Å². The molecule has 0 amide bonds. The fourth-order valence-corrected chi connectivity index (χ4v) is 14.3. The molecule has 0 N–H and O–H groups in total. The Labute approximate surface area is 214 Å². The van der Waals surface area contributed by atoms with Crippen LogP contribution < -0.4 is 24.8 Å². The summed E-state index contributed by atoms with van der Waals surface area (Å²) in [7, 11) is -1.84. The maximum absolute atomic E-state index is 3.62. The summed E-state index contributed by atoms with van der Waals surface area (Å²) < 4.78 is 0. The molecule has 0 aromatic heterocycles. The van der Waals surface area contributed by atoms with Gasteiger partial charge >= 0.3 is 26.2 Å². The van der Waals surface area contributed by atoms with Crippen LogP contribution in [0.5, 0.6) is 0 Å². The van der Waals surface area contributed by atoms with E-state index in [-0.39, 0.29) is 51.0 Å². The zero-order valence-corrected chi connectivity index (χ0v) is 24.9. The van der Waals surface area contributed by atoms with Crippen molar-refractivity contribution < 1.29 is 51.0 Å². The first kappa shape index (κ1) is 29.9. The summed E-state index contributed by atoms with van der Waals surface area (Å²) in [6, 6.07) is 9.22. The Bertz CT molecular complexity index is 585. The molecule has 2 saturated heterocycles. The fraction of sp³-hybridized carbons (Fsp3) is 0.667. The number of halogens is 2. The molecule has 0 radical (unpaired) electrons. The predicted molar refractivity (Wildman–Crippen MR) is 120 cm³/mol. The molecule has 4 aliphatic rings. The molecule has 2 heterocycles. The Morgan fingerprint density at radius 1 is 0.724 bits per heavy atom. The van der Waals surface area contributed by atoms with Gasteiger partial charge in [0.25, 0.3) is 0 Å². The molecular weight excluding hydrogens is 507 g/mol. The van der Waals surface area contributed by atoms with Crippen LogP contribution in [0.2, 0.25) is 36.3 Å². The minimum atomic E-state index is -0.922. The first-order valence-electron chi connectivity index (χ1n) is 11.1. The van der Waals surface area contributed by atoms with E-state index in [2.05, 4.69) is 52.0 Å². The van der Waals surface area contributed by atoms with Gasteiger partial charge in [-0.2, -0.15) is 11.1 Å². The van der Waals surface area contributed by atoms with Crippen LogP contribution in [-0.4, -0.2) is 16.1 Å². The summed E-state index contributed by atoms with van der Waals surface area (Å²) in [5, 5.41) is 3.36. The van der Waals surface area contributed by atoms with Crippen molar-refractivity contribution in [3.63, 3.8) is 0 Å². The van der Waals surface area contributed by atoms with Crippen molar-refractivity contribution >= 4 is 16.1 Å². The van der Waals surface area contributed by atoms with Crippen molar-refractivity contribution in [1.29, 1.82) is 0 Å². The molecule has 0 bridgehead atoms. The van der Waals surface area contributed by atoms with Crippen molar-refractivity contribution in [2.45, 2.75) is 102 Å². The Morgan fingerprint density at radius 3 is 1.24 bits per heavy atom. The minimum absolute atomic E-state index is 0. The Balaban J connectivity index is 0.000000490. The van der Waals surface area contributed by atoms with E-state index in [1.807, 2.05) is 0 Å². The molecule has 0 aromatic carbocycles. The molecule has 4 rings (SSSR count). The summed E-state index contributed by atoms with van der Waals surface area (Å²) in [5.41, 5.74) is 2.93. The van der Waals surface area contributed by atoms with Gasteiger partial charge in [0.1, 0.15) is 0 Å². The SMILES string of the molecule is CCC[Si]1(C2=CCC(C)=[C-]2)CCC1.CCC[Si]1(C2=CCC(C)=[C-]2)CCC1.[Cl-].[Cl-].[Zr+4]. The molecule has 2 fully saturated rings. The quantitative estimate of drug-likeness (QED) is 0.353. The summed E-state index contributed by atoms with van der Waals surface area (Å²) in [6.07, 6.45) is 20.3. The molecule has 0 aromatic rings. The van der Waals surface area contributed by atoms with E-state index in [1.165, 1.54) is 61.8 Å². The monoisotopic (exact) mass is 542 g/mol. The summed E-state index contributed by atoms with van der Waals surface area (Å²) in [4.78, 5) is 0. The zero-order chi connectivity index (χ0) is 18.6. The van der Waals surface area contributed by atoms with Crippen molar-refractivity contribution in [3.8, 4) is 0 Å². The third-order valence-corrected chi connectivity index (χ3v) is 18.2. The van der Waals surface area contributed by atoms with Crippen LogP contribution in [0.25, 0.3) is 0 Å². The molecule has 0 nitrogen and oxygen atoms in total. The van der Waals surface area contributed by atoms with Crippen LogP contribution in [0, 0.1) is 12.2 Å². The first-order chi connectivity index (χ1) is 12.5. The van der Waals surface area contributed by atoms with Crippen molar-refractivity contribution in [3.05, 3.63) is 45.8 Å². The summed E-state index contributed by atoms with van der Waals surface area (Å²) in [6.45, 7) is 9.10. The molecule has 29 heavy (non-hydrogen) atoms. The molecule has 0 atom stereocenters. The van der Waals surface area contributed by atoms with Gasteiger partial charge in [0.05, 0.1) is 0 Å². The molecule has 0 spiro atoms. The summed E-state index contributed by atoms with van der Waals surface area (Å²) >= 11 is 0. The van der Waals surface area contributed by atoms with Crippen LogP contribution >= 0.6 is 0 Å². The van der Waals surface area contributed by atoms with Crippen molar-refractivity contribution in [2.24, 2.45) is 0 Å². The van der Waals surface area contributed by atoms with Gasteiger partial charge < -0.3 is 24.8 Å². The van der Waals surface area contributed by atoms with Gasteiger partial charge in [-0.05, 0) is 0 Å². The average molecular weight is 545 g/mol. The molecule has 2 aliphatic carbocycles. The minimum Gasteiger partial charge on any atom is -1.00 e. The van der Waals surface area contributed by atoms with Gasteiger partial charge in [-0.25, -0.2) is 22.5 Å². The second-order valence-electron chi connectivity index (χ2n) is 9.22. The molecule has 0 saturated carbocycles. The normalized spacial score (nSPS) is 22.5. The van der Waals surface area contributed by atoms with E-state index >= 15 is 0 Å². The Hall–Kier alpha value is 0.857. The van der Waals surface area contributed by atoms with Crippen molar-refractivity contribution in [1.82, 2.24) is 0 Å². The van der Waals surface area contributed by atoms with E-state index in [0.717, 1.165) is 0 Å². The first-order valence-corrected chi connectivity index (χ1v) is 16.4. The number of rotatable bonds is 6. The van der Waals surface area contributed by atoms with Gasteiger partial charge in [0, 0.05) is 16.1 Å². The van der Waals surface area contributed by atoms with Gasteiger partial charge in [0.15, 0.2) is 0 Å². The number of hydrogen-bond acceptors (Lipinski definition) is 0. The molecular formula is C24H38Cl2Si2Zr. The van der Waals surface area contributed by atoms with E-state index in [4.69, 9.17) is 0 Å². The van der Waals surface area contributed by atoms with Gasteiger partial charge in [0.2, 0.25) is 0 Å². The van der Waals surface area contributed by atoms with Gasteiger partial charge in [-0.15, -0.1) is 0 Å². The number of allylic oxidation sites excluding steroid dienone is 8. The van der Waals surface area contributed by atoms with Crippen molar-refractivity contribution in [2.75, 3.05) is 0 Å². The predicted octanol–water partition coefficient (Wildman–Crippen LogP) is 1.74. The second kappa shape index (κ2) is 13.4. The average Bonchev–Trinajstić information content (AvgIpc) is 3.16. The topological polar surface area (TPSA) is 0 Å². The standard InChI is InChI=1S/2C12H19Si.2ClH.Zr/c2*1-3-7-13(8-4-9-13)12-6-5-11(2)10-12;;;/h2*6H,3-5,7-9H2,1-2H3;2*1H;/q2*-1;;;+4/p-2. The maximum atomic E-state index is 3.62. The van der Waals surface area contributed by atoms with Crippen LogP contribution in [0.1, 0.15) is 66.2 Å². The third kappa shape index (κ3) is 6.92. The van der Waals surface area contributed by atoms with E-state index in [0.29, 0.717) is 0 Å². The molecule has 5 heteroatoms. The smallest absolute Gasteiger partial charge is 1.00 e. The third-order valence-electron chi connectivity index (χ3n) is 7.14. The van der Waals surface area contributed by atoms with Crippen LogP contribution in [0.15, 0.2) is 33.7 Å². The molecule has 2 aliphatic heterocycles. The number of hydrogen-bond donors (Lipinski definition) is 0. The molecule has 160 valence electrons. The largest absolute Gasteiger partial charge is 4.00 e. The summed E-state index contributed by atoms with van der Waals surface area (Å²) in [5.74, 6) is 0. The van der Waals surface area contributed by atoms with E-state index in [1.54, 1.807) is 34.6 Å². The fourth-order valence-electron chi connectivity index (χ4n) is 5.34. The van der Waals surface area contributed by atoms with E-state index < -0.39 is 16.1 Å². The van der Waals surface area contributed by atoms with Crippen LogP contribution in [-0.2, 0) is 26.2 Å². The van der Waals surface area contributed by atoms with Crippen LogP contribution in [0.4, 0.5) is 0 Å². The van der Waals surface area contributed by atoms with E-state index in [9.17, 15) is 0 Å². The second-order valence-corrected chi connectivity index (χ2v) is 18.4. The maximum Gasteiger partial charge on any atom is 4.00 e. The Morgan fingerprint density at radius 2 is 1.07 bits per heavy atom. The zero-order valence-electron chi connectivity index (χ0n) is 18.9. The molecule has 0 unspecified atom stereocenters. The van der Waals surface area contributed by atoms with Gasteiger partial charge in [-0.1, -0.05) is 102 Å². The van der Waals surface area contributed by atoms with Gasteiger partial charge in [-0.3, -0.25) is 12.2 Å². The Kier molecular flexibility index (Phi) is 13.8.